The van der Waals surface area contributed by atoms with Crippen molar-refractivity contribution in [2.45, 2.75) is 31.9 Å². The van der Waals surface area contributed by atoms with E-state index in [9.17, 15) is 4.55 Å². The molecule has 11 heavy (non-hydrogen) atoms. The van der Waals surface area contributed by atoms with Crippen LogP contribution in [0.25, 0.3) is 0 Å². The van der Waals surface area contributed by atoms with Gasteiger partial charge in [-0.2, -0.15) is 5.14 Å². The van der Waals surface area contributed by atoms with Crippen LogP contribution in [-0.4, -0.2) is 9.80 Å². The maximum Gasteiger partial charge on any atom is 0.137 e. The highest BCUT2D eigenvalue weighted by Crippen LogP contribution is 2.15. The van der Waals surface area contributed by atoms with Gasteiger partial charge in [0.1, 0.15) is 5.25 Å². The maximum atomic E-state index is 10.9. The molecule has 0 saturated heterocycles. The van der Waals surface area contributed by atoms with E-state index in [0.29, 0.717) is 5.92 Å². The standard InChI is InChI=1S/C8H17NOS/c1-4-5-6-8(7(2)3)11(9)10/h4,7-8H,1,5-6,9H2,2-3H3. The second-order valence-corrected chi connectivity index (χ2v) is 4.24. The molecule has 0 rings (SSSR count). The van der Waals surface area contributed by atoms with Crippen LogP contribution in [0.3, 0.4) is 0 Å². The van der Waals surface area contributed by atoms with Gasteiger partial charge in [-0.15, -0.1) is 6.58 Å². The summed E-state index contributed by atoms with van der Waals surface area (Å²) in [6, 6.07) is 0. The Morgan fingerprint density at radius 2 is 2.18 bits per heavy atom. The SMILES string of the molecule is C=CCCC(C(C)C)[S+](N)[O-]. The number of nitrogens with two attached hydrogens (primary N) is 1. The van der Waals surface area contributed by atoms with Gasteiger partial charge in [0.25, 0.3) is 0 Å². The zero-order chi connectivity index (χ0) is 8.85. The van der Waals surface area contributed by atoms with Gasteiger partial charge in [0.2, 0.25) is 0 Å². The largest absolute Gasteiger partial charge is 0.598 e. The molecule has 0 heterocycles. The van der Waals surface area contributed by atoms with Crippen molar-refractivity contribution in [1.29, 1.82) is 0 Å². The molecule has 2 N–H and O–H groups in total. The lowest BCUT2D eigenvalue weighted by molar-refractivity contribution is 0.514. The van der Waals surface area contributed by atoms with E-state index in [-0.39, 0.29) is 5.25 Å². The fourth-order valence-electron chi connectivity index (χ4n) is 1.000. The van der Waals surface area contributed by atoms with Gasteiger partial charge in [-0.3, -0.25) is 0 Å². The van der Waals surface area contributed by atoms with E-state index < -0.39 is 11.4 Å². The lowest BCUT2D eigenvalue weighted by Crippen LogP contribution is -2.32. The highest BCUT2D eigenvalue weighted by molar-refractivity contribution is 7.89. The summed E-state index contributed by atoms with van der Waals surface area (Å²) in [6.45, 7) is 7.69. The summed E-state index contributed by atoms with van der Waals surface area (Å²) in [6.07, 6.45) is 3.61. The first kappa shape index (κ1) is 11.0. The molecule has 0 fully saturated rings. The number of hydrogen-bond acceptors (Lipinski definition) is 2. The molecule has 0 spiro atoms. The van der Waals surface area contributed by atoms with Crippen LogP contribution in [0.2, 0.25) is 0 Å². The molecule has 0 radical (unpaired) electrons. The molecule has 0 aliphatic rings. The number of rotatable bonds is 5. The van der Waals surface area contributed by atoms with Crippen molar-refractivity contribution in [3.8, 4) is 0 Å². The van der Waals surface area contributed by atoms with Crippen LogP contribution in [0, 0.1) is 5.92 Å². The molecule has 0 amide bonds. The summed E-state index contributed by atoms with van der Waals surface area (Å²) in [4.78, 5) is 0. The van der Waals surface area contributed by atoms with Gasteiger partial charge in [0.05, 0.1) is 0 Å². The topological polar surface area (TPSA) is 49.1 Å². The highest BCUT2D eigenvalue weighted by atomic mass is 32.2. The Bertz CT molecular complexity index is 107. The van der Waals surface area contributed by atoms with Crippen molar-refractivity contribution in [1.82, 2.24) is 0 Å². The third-order valence-electron chi connectivity index (χ3n) is 1.70. The van der Waals surface area contributed by atoms with Crippen molar-refractivity contribution >= 4 is 11.4 Å². The molecule has 0 aromatic heterocycles. The maximum absolute atomic E-state index is 10.9. The molecule has 0 aliphatic heterocycles. The molecule has 2 unspecified atom stereocenters. The Morgan fingerprint density at radius 1 is 1.64 bits per heavy atom. The summed E-state index contributed by atoms with van der Waals surface area (Å²) >= 11 is -1.18. The minimum Gasteiger partial charge on any atom is -0.598 e. The average Bonchev–Trinajstić information content (AvgIpc) is 1.87. The van der Waals surface area contributed by atoms with E-state index in [4.69, 9.17) is 5.14 Å². The summed E-state index contributed by atoms with van der Waals surface area (Å²) < 4.78 is 10.9. The van der Waals surface area contributed by atoms with Crippen molar-refractivity contribution in [3.63, 3.8) is 0 Å². The van der Waals surface area contributed by atoms with Gasteiger partial charge < -0.3 is 4.55 Å². The zero-order valence-corrected chi connectivity index (χ0v) is 8.06. The molecule has 0 saturated carbocycles. The van der Waals surface area contributed by atoms with Crippen molar-refractivity contribution in [3.05, 3.63) is 12.7 Å². The third kappa shape index (κ3) is 4.45. The smallest absolute Gasteiger partial charge is 0.137 e. The number of allylic oxidation sites excluding steroid dienone is 1. The molecule has 0 bridgehead atoms. The second-order valence-electron chi connectivity index (χ2n) is 2.98. The van der Waals surface area contributed by atoms with Crippen LogP contribution >= 0.6 is 0 Å². The lowest BCUT2D eigenvalue weighted by atomic mass is 10.1. The Balaban J connectivity index is 3.79. The van der Waals surface area contributed by atoms with Crippen LogP contribution in [-0.2, 0) is 11.4 Å². The van der Waals surface area contributed by atoms with E-state index >= 15 is 0 Å². The van der Waals surface area contributed by atoms with E-state index in [1.165, 1.54) is 0 Å². The molecule has 0 aliphatic carbocycles. The van der Waals surface area contributed by atoms with Crippen LogP contribution < -0.4 is 5.14 Å². The molecular weight excluding hydrogens is 158 g/mol. The van der Waals surface area contributed by atoms with Gasteiger partial charge in [-0.05, 0) is 6.42 Å². The van der Waals surface area contributed by atoms with Crippen LogP contribution in [0.5, 0.6) is 0 Å². The molecule has 2 nitrogen and oxygen atoms in total. The second kappa shape index (κ2) is 5.63. The van der Waals surface area contributed by atoms with Crippen molar-refractivity contribution < 1.29 is 4.55 Å². The zero-order valence-electron chi connectivity index (χ0n) is 7.25. The average molecular weight is 175 g/mol. The van der Waals surface area contributed by atoms with Crippen LogP contribution in [0.1, 0.15) is 26.7 Å². The van der Waals surface area contributed by atoms with E-state index in [2.05, 4.69) is 6.58 Å². The van der Waals surface area contributed by atoms with Gasteiger partial charge in [-0.1, -0.05) is 19.9 Å². The van der Waals surface area contributed by atoms with Gasteiger partial charge in [0, 0.05) is 23.7 Å². The van der Waals surface area contributed by atoms with E-state index in [1.54, 1.807) is 0 Å². The molecular formula is C8H17NOS. The molecule has 0 aromatic carbocycles. The predicted molar refractivity (Wildman–Crippen MR) is 50.4 cm³/mol. The summed E-state index contributed by atoms with van der Waals surface area (Å²) in [5, 5.41) is 5.43. The van der Waals surface area contributed by atoms with E-state index in [0.717, 1.165) is 12.8 Å². The summed E-state index contributed by atoms with van der Waals surface area (Å²) in [7, 11) is 0. The van der Waals surface area contributed by atoms with E-state index in [1.807, 2.05) is 19.9 Å². The van der Waals surface area contributed by atoms with Gasteiger partial charge in [0.15, 0.2) is 0 Å². The van der Waals surface area contributed by atoms with Crippen molar-refractivity contribution in [2.75, 3.05) is 0 Å². The Morgan fingerprint density at radius 3 is 2.45 bits per heavy atom. The van der Waals surface area contributed by atoms with Crippen molar-refractivity contribution in [2.24, 2.45) is 11.1 Å². The minimum atomic E-state index is -1.18. The predicted octanol–water partition coefficient (Wildman–Crippen LogP) is 1.60. The van der Waals surface area contributed by atoms with Crippen LogP contribution in [0.15, 0.2) is 12.7 Å². The molecule has 66 valence electrons. The van der Waals surface area contributed by atoms with Crippen LogP contribution in [0.4, 0.5) is 0 Å². The first-order valence-corrected chi connectivity index (χ1v) is 5.13. The monoisotopic (exact) mass is 175 g/mol. The third-order valence-corrected chi connectivity index (χ3v) is 3.07. The molecule has 0 aromatic rings. The number of hydrogen-bond donors (Lipinski definition) is 1. The fourth-order valence-corrected chi connectivity index (χ4v) is 1.90. The van der Waals surface area contributed by atoms with Gasteiger partial charge >= 0.3 is 0 Å². The van der Waals surface area contributed by atoms with Gasteiger partial charge in [-0.25, -0.2) is 0 Å². The Hall–Kier alpha value is 0.01000. The molecule has 2 atom stereocenters. The first-order valence-electron chi connectivity index (χ1n) is 3.85. The normalized spacial score (nSPS) is 16.5. The summed E-state index contributed by atoms with van der Waals surface area (Å²) in [5.41, 5.74) is 0. The first-order chi connectivity index (χ1) is 5.09. The quantitative estimate of drug-likeness (QED) is 0.509. The molecule has 3 heteroatoms. The lowest BCUT2D eigenvalue weighted by Gasteiger charge is -2.19. The Kier molecular flexibility index (Phi) is 5.64. The highest BCUT2D eigenvalue weighted by Gasteiger charge is 2.22. The fraction of sp³-hybridized carbons (Fsp3) is 0.750. The summed E-state index contributed by atoms with van der Waals surface area (Å²) in [5.74, 6) is 0.390. The Labute approximate surface area is 72.2 Å². The minimum absolute atomic E-state index is 0.119.